The number of ether oxygens (including phenoxy) is 1. The zero-order valence-electron chi connectivity index (χ0n) is 10.2. The maximum absolute atomic E-state index is 11.4. The Kier molecular flexibility index (Phi) is 5.09. The summed E-state index contributed by atoms with van der Waals surface area (Å²) in [6, 6.07) is 0. The molecule has 1 rings (SSSR count). The Balaban J connectivity index is 2.16. The van der Waals surface area contributed by atoms with E-state index in [4.69, 9.17) is 4.74 Å². The van der Waals surface area contributed by atoms with Crippen LogP contribution < -0.4 is 0 Å². The Morgan fingerprint density at radius 2 is 2.00 bits per heavy atom. The number of carbonyl (C=O) groups excluding carboxylic acids is 1. The van der Waals surface area contributed by atoms with Crippen molar-refractivity contribution in [3.05, 3.63) is 0 Å². The van der Waals surface area contributed by atoms with Gasteiger partial charge in [-0.3, -0.25) is 9.69 Å². The fourth-order valence-corrected chi connectivity index (χ4v) is 2.22. The highest BCUT2D eigenvalue weighted by Crippen LogP contribution is 2.24. The first kappa shape index (κ1) is 12.5. The Labute approximate surface area is 92.8 Å². The first-order chi connectivity index (χ1) is 7.08. The molecule has 0 aromatic rings. The van der Waals surface area contributed by atoms with E-state index in [9.17, 15) is 4.79 Å². The van der Waals surface area contributed by atoms with Gasteiger partial charge in [0.15, 0.2) is 0 Å². The maximum Gasteiger partial charge on any atom is 0.320 e. The number of esters is 1. The lowest BCUT2D eigenvalue weighted by Crippen LogP contribution is -2.32. The minimum Gasteiger partial charge on any atom is -0.462 e. The molecule has 0 aromatic carbocycles. The Morgan fingerprint density at radius 1 is 1.40 bits per heavy atom. The van der Waals surface area contributed by atoms with Gasteiger partial charge >= 0.3 is 5.97 Å². The monoisotopic (exact) mass is 213 g/mol. The van der Waals surface area contributed by atoms with Crippen molar-refractivity contribution in [1.82, 2.24) is 4.90 Å². The second-order valence-electron chi connectivity index (χ2n) is 4.89. The van der Waals surface area contributed by atoms with Crippen molar-refractivity contribution in [2.75, 3.05) is 20.1 Å². The van der Waals surface area contributed by atoms with Crippen molar-refractivity contribution in [2.45, 2.75) is 45.6 Å². The molecule has 3 heteroatoms. The molecule has 0 amide bonds. The van der Waals surface area contributed by atoms with Crippen LogP contribution in [0.3, 0.4) is 0 Å². The number of hydrogen-bond acceptors (Lipinski definition) is 3. The minimum atomic E-state index is -0.106. The predicted molar refractivity (Wildman–Crippen MR) is 60.7 cm³/mol. The number of carbonyl (C=O) groups is 1. The third kappa shape index (κ3) is 5.17. The highest BCUT2D eigenvalue weighted by Gasteiger charge is 2.18. The Bertz CT molecular complexity index is 198. The molecule has 1 saturated carbocycles. The van der Waals surface area contributed by atoms with Gasteiger partial charge in [0.2, 0.25) is 0 Å². The standard InChI is InChI=1S/C12H23NO2/c1-10(2)15-12(14)9-13(3)8-11-6-4-5-7-11/h10-11H,4-9H2,1-3H3. The SMILES string of the molecule is CC(C)OC(=O)CN(C)CC1CCCC1. The molecule has 88 valence electrons. The van der Waals surface area contributed by atoms with Gasteiger partial charge < -0.3 is 4.74 Å². The average Bonchev–Trinajstić information content (AvgIpc) is 2.53. The van der Waals surface area contributed by atoms with E-state index >= 15 is 0 Å². The van der Waals surface area contributed by atoms with E-state index in [1.54, 1.807) is 0 Å². The van der Waals surface area contributed by atoms with Crippen LogP contribution in [0, 0.1) is 5.92 Å². The molecule has 0 N–H and O–H groups in total. The fraction of sp³-hybridized carbons (Fsp3) is 0.917. The normalized spacial score (nSPS) is 17.7. The largest absolute Gasteiger partial charge is 0.462 e. The smallest absolute Gasteiger partial charge is 0.320 e. The van der Waals surface area contributed by atoms with E-state index in [2.05, 4.69) is 4.90 Å². The lowest BCUT2D eigenvalue weighted by Gasteiger charge is -2.20. The molecule has 0 heterocycles. The van der Waals surface area contributed by atoms with Gasteiger partial charge in [0.05, 0.1) is 12.6 Å². The summed E-state index contributed by atoms with van der Waals surface area (Å²) < 4.78 is 5.10. The van der Waals surface area contributed by atoms with Crippen LogP contribution in [0.5, 0.6) is 0 Å². The predicted octanol–water partition coefficient (Wildman–Crippen LogP) is 2.06. The molecule has 0 spiro atoms. The van der Waals surface area contributed by atoms with E-state index in [0.717, 1.165) is 12.5 Å². The number of hydrogen-bond donors (Lipinski definition) is 0. The molecule has 0 atom stereocenters. The van der Waals surface area contributed by atoms with Crippen LogP contribution in [0.1, 0.15) is 39.5 Å². The first-order valence-electron chi connectivity index (χ1n) is 5.96. The quantitative estimate of drug-likeness (QED) is 0.655. The van der Waals surface area contributed by atoms with E-state index in [1.807, 2.05) is 20.9 Å². The summed E-state index contributed by atoms with van der Waals surface area (Å²) in [5.41, 5.74) is 0. The van der Waals surface area contributed by atoms with Gasteiger partial charge in [-0.05, 0) is 39.7 Å². The number of rotatable bonds is 5. The Hall–Kier alpha value is -0.570. The van der Waals surface area contributed by atoms with Crippen molar-refractivity contribution in [3.8, 4) is 0 Å². The molecule has 0 aliphatic heterocycles. The van der Waals surface area contributed by atoms with Crippen molar-refractivity contribution in [3.63, 3.8) is 0 Å². The molecule has 0 unspecified atom stereocenters. The molecule has 1 fully saturated rings. The van der Waals surface area contributed by atoms with E-state index in [1.165, 1.54) is 25.7 Å². The summed E-state index contributed by atoms with van der Waals surface area (Å²) in [5, 5.41) is 0. The Morgan fingerprint density at radius 3 is 2.53 bits per heavy atom. The molecular formula is C12H23NO2. The first-order valence-corrected chi connectivity index (χ1v) is 5.96. The van der Waals surface area contributed by atoms with Crippen LogP contribution in [0.15, 0.2) is 0 Å². The molecule has 0 aromatic heterocycles. The number of nitrogens with zero attached hydrogens (tertiary/aromatic N) is 1. The molecule has 1 aliphatic rings. The zero-order chi connectivity index (χ0) is 11.3. The molecule has 0 radical (unpaired) electrons. The van der Waals surface area contributed by atoms with Crippen molar-refractivity contribution < 1.29 is 9.53 Å². The van der Waals surface area contributed by atoms with Gasteiger partial charge in [-0.2, -0.15) is 0 Å². The molecular weight excluding hydrogens is 190 g/mol. The lowest BCUT2D eigenvalue weighted by atomic mass is 10.1. The average molecular weight is 213 g/mol. The fourth-order valence-electron chi connectivity index (χ4n) is 2.22. The van der Waals surface area contributed by atoms with Gasteiger partial charge in [0.1, 0.15) is 0 Å². The van der Waals surface area contributed by atoms with Gasteiger partial charge in [-0.15, -0.1) is 0 Å². The van der Waals surface area contributed by atoms with Gasteiger partial charge in [0.25, 0.3) is 0 Å². The maximum atomic E-state index is 11.4. The van der Waals surface area contributed by atoms with Crippen LogP contribution in [0.2, 0.25) is 0 Å². The summed E-state index contributed by atoms with van der Waals surface area (Å²) in [4.78, 5) is 13.5. The van der Waals surface area contributed by atoms with E-state index in [-0.39, 0.29) is 12.1 Å². The van der Waals surface area contributed by atoms with Gasteiger partial charge in [-0.25, -0.2) is 0 Å². The third-order valence-corrected chi connectivity index (χ3v) is 2.81. The highest BCUT2D eigenvalue weighted by molar-refractivity contribution is 5.71. The van der Waals surface area contributed by atoms with Crippen LogP contribution in [-0.2, 0) is 9.53 Å². The van der Waals surface area contributed by atoms with Crippen LogP contribution in [-0.4, -0.2) is 37.1 Å². The summed E-state index contributed by atoms with van der Waals surface area (Å²) in [6.07, 6.45) is 5.36. The zero-order valence-corrected chi connectivity index (χ0v) is 10.2. The van der Waals surface area contributed by atoms with Gasteiger partial charge in [0, 0.05) is 6.54 Å². The molecule has 15 heavy (non-hydrogen) atoms. The van der Waals surface area contributed by atoms with E-state index < -0.39 is 0 Å². The molecule has 1 aliphatic carbocycles. The van der Waals surface area contributed by atoms with Gasteiger partial charge in [-0.1, -0.05) is 12.8 Å². The second-order valence-corrected chi connectivity index (χ2v) is 4.89. The third-order valence-electron chi connectivity index (χ3n) is 2.81. The summed E-state index contributed by atoms with van der Waals surface area (Å²) in [6.45, 7) is 5.23. The van der Waals surface area contributed by atoms with Crippen molar-refractivity contribution in [1.29, 1.82) is 0 Å². The van der Waals surface area contributed by atoms with Crippen LogP contribution in [0.4, 0.5) is 0 Å². The topological polar surface area (TPSA) is 29.5 Å². The molecule has 0 saturated heterocycles. The minimum absolute atomic E-state index is 0.00243. The van der Waals surface area contributed by atoms with Crippen molar-refractivity contribution in [2.24, 2.45) is 5.92 Å². The second kappa shape index (κ2) is 6.11. The summed E-state index contributed by atoms with van der Waals surface area (Å²) in [7, 11) is 2.00. The van der Waals surface area contributed by atoms with E-state index in [0.29, 0.717) is 6.54 Å². The number of likely N-dealkylation sites (N-methyl/N-ethyl adjacent to an activating group) is 1. The van der Waals surface area contributed by atoms with Crippen LogP contribution in [0.25, 0.3) is 0 Å². The molecule has 3 nitrogen and oxygen atoms in total. The summed E-state index contributed by atoms with van der Waals surface area (Å²) in [5.74, 6) is 0.687. The van der Waals surface area contributed by atoms with Crippen LogP contribution >= 0.6 is 0 Å². The highest BCUT2D eigenvalue weighted by atomic mass is 16.5. The van der Waals surface area contributed by atoms with Crippen molar-refractivity contribution >= 4 is 5.97 Å². The lowest BCUT2D eigenvalue weighted by molar-refractivity contribution is -0.148. The summed E-state index contributed by atoms with van der Waals surface area (Å²) >= 11 is 0. The molecule has 0 bridgehead atoms.